The van der Waals surface area contributed by atoms with Crippen LogP contribution in [0.1, 0.15) is 42.3 Å². The fourth-order valence-electron chi connectivity index (χ4n) is 4.57. The Kier molecular flexibility index (Phi) is 8.08. The summed E-state index contributed by atoms with van der Waals surface area (Å²) in [5.74, 6) is -0.588. The molecular formula is C28H32O10. The lowest BCUT2D eigenvalue weighted by Gasteiger charge is -2.46. The van der Waals surface area contributed by atoms with Gasteiger partial charge in [-0.25, -0.2) is 9.59 Å². The number of aliphatic hydroxyl groups excluding tert-OH is 2. The molecule has 0 unspecified atom stereocenters. The third-order valence-electron chi connectivity index (χ3n) is 6.47. The van der Waals surface area contributed by atoms with E-state index in [1.165, 1.54) is 7.11 Å². The van der Waals surface area contributed by atoms with Gasteiger partial charge in [-0.1, -0.05) is 30.3 Å². The Balaban J connectivity index is 1.74. The predicted molar refractivity (Wildman–Crippen MR) is 136 cm³/mol. The number of hydrogen-bond acceptors (Lipinski definition) is 10. The van der Waals surface area contributed by atoms with Gasteiger partial charge in [0.2, 0.25) is 6.29 Å². The second-order valence-electron chi connectivity index (χ2n) is 9.50. The van der Waals surface area contributed by atoms with Gasteiger partial charge in [0.25, 0.3) is 0 Å². The van der Waals surface area contributed by atoms with Gasteiger partial charge in [0.15, 0.2) is 11.3 Å². The number of fused-ring (bicyclic) bond motifs is 1. The van der Waals surface area contributed by atoms with Crippen molar-refractivity contribution in [3.63, 3.8) is 0 Å². The van der Waals surface area contributed by atoms with Crippen molar-refractivity contribution in [3.05, 3.63) is 69.6 Å². The van der Waals surface area contributed by atoms with Crippen LogP contribution in [-0.4, -0.2) is 60.1 Å². The molecule has 0 bridgehead atoms. The van der Waals surface area contributed by atoms with Crippen LogP contribution >= 0.6 is 0 Å². The number of aliphatic hydroxyl groups is 2. The van der Waals surface area contributed by atoms with Crippen molar-refractivity contribution in [2.75, 3.05) is 13.7 Å². The number of benzene rings is 2. The van der Waals surface area contributed by atoms with Crippen LogP contribution in [0, 0.1) is 6.92 Å². The van der Waals surface area contributed by atoms with Crippen molar-refractivity contribution in [3.8, 4) is 11.5 Å². The topological polar surface area (TPSA) is 134 Å². The molecule has 204 valence electrons. The van der Waals surface area contributed by atoms with Crippen molar-refractivity contribution in [1.29, 1.82) is 0 Å². The highest BCUT2D eigenvalue weighted by Gasteiger charge is 2.50. The second-order valence-corrected chi connectivity index (χ2v) is 9.50. The van der Waals surface area contributed by atoms with Crippen LogP contribution in [0.2, 0.25) is 0 Å². The normalized spacial score (nSPS) is 22.7. The lowest BCUT2D eigenvalue weighted by molar-refractivity contribution is -0.306. The van der Waals surface area contributed by atoms with Crippen LogP contribution in [0.3, 0.4) is 0 Å². The van der Waals surface area contributed by atoms with Crippen molar-refractivity contribution in [2.24, 2.45) is 0 Å². The van der Waals surface area contributed by atoms with Crippen molar-refractivity contribution >= 4 is 16.9 Å². The molecule has 2 heterocycles. The highest BCUT2D eigenvalue weighted by Crippen LogP contribution is 2.37. The van der Waals surface area contributed by atoms with Gasteiger partial charge in [-0.3, -0.25) is 0 Å². The predicted octanol–water partition coefficient (Wildman–Crippen LogP) is 3.11. The first-order valence-electron chi connectivity index (χ1n) is 12.3. The summed E-state index contributed by atoms with van der Waals surface area (Å²) in [6, 6.07) is 12.4. The SMILES string of the molecule is CCOC(=O)c1c(OCc2ccccc2)c2ccc(O[C@@H]3OC(C)(C)[C@H](OC)[C@H](O)[C@H]3O)c(C)c2oc1=O. The number of methoxy groups -OCH3 is 1. The molecule has 1 aliphatic rings. The van der Waals surface area contributed by atoms with Crippen LogP contribution in [0.5, 0.6) is 11.5 Å². The first kappa shape index (κ1) is 27.6. The summed E-state index contributed by atoms with van der Waals surface area (Å²) in [4.78, 5) is 25.7. The largest absolute Gasteiger partial charge is 0.487 e. The molecule has 2 N–H and O–H groups in total. The van der Waals surface area contributed by atoms with Crippen LogP contribution < -0.4 is 15.1 Å². The summed E-state index contributed by atoms with van der Waals surface area (Å²) in [6.07, 6.45) is -4.69. The summed E-state index contributed by atoms with van der Waals surface area (Å²) < 4.78 is 33.8. The number of rotatable bonds is 8. The quantitative estimate of drug-likeness (QED) is 0.332. The maximum absolute atomic E-state index is 13.0. The highest BCUT2D eigenvalue weighted by atomic mass is 16.7. The Morgan fingerprint density at radius 1 is 1.08 bits per heavy atom. The molecule has 1 saturated heterocycles. The Hall–Kier alpha value is -3.44. The fraction of sp³-hybridized carbons (Fsp3) is 0.429. The van der Waals surface area contributed by atoms with Crippen LogP contribution in [0.15, 0.2) is 51.7 Å². The smallest absolute Gasteiger partial charge is 0.354 e. The Morgan fingerprint density at radius 3 is 2.45 bits per heavy atom. The Bertz CT molecular complexity index is 1350. The average molecular weight is 529 g/mol. The molecule has 0 saturated carbocycles. The molecule has 0 amide bonds. The first-order chi connectivity index (χ1) is 18.1. The molecule has 10 heteroatoms. The number of carbonyl (C=O) groups is 1. The number of esters is 1. The summed E-state index contributed by atoms with van der Waals surface area (Å²) >= 11 is 0. The summed E-state index contributed by atoms with van der Waals surface area (Å²) in [6.45, 7) is 6.88. The molecule has 0 aliphatic carbocycles. The van der Waals surface area contributed by atoms with Gasteiger partial charge >= 0.3 is 11.6 Å². The minimum absolute atomic E-state index is 0.0293. The minimum atomic E-state index is -1.41. The molecule has 10 nitrogen and oxygen atoms in total. The van der Waals surface area contributed by atoms with E-state index in [1.54, 1.807) is 39.8 Å². The van der Waals surface area contributed by atoms with E-state index in [0.29, 0.717) is 10.9 Å². The van der Waals surface area contributed by atoms with Gasteiger partial charge in [-0.2, -0.15) is 0 Å². The van der Waals surface area contributed by atoms with E-state index in [9.17, 15) is 19.8 Å². The van der Waals surface area contributed by atoms with Crippen LogP contribution in [0.4, 0.5) is 0 Å². The van der Waals surface area contributed by atoms with Gasteiger partial charge in [0, 0.05) is 12.7 Å². The summed E-state index contributed by atoms with van der Waals surface area (Å²) in [5.41, 5.74) is -0.875. The minimum Gasteiger partial charge on any atom is -0.487 e. The molecule has 0 radical (unpaired) electrons. The van der Waals surface area contributed by atoms with Crippen molar-refractivity contribution < 1.29 is 43.1 Å². The zero-order valence-corrected chi connectivity index (χ0v) is 21.9. The van der Waals surface area contributed by atoms with Crippen LogP contribution in [0.25, 0.3) is 11.0 Å². The van der Waals surface area contributed by atoms with Gasteiger partial charge in [-0.05, 0) is 45.4 Å². The van der Waals surface area contributed by atoms with Gasteiger partial charge in [0.05, 0.1) is 17.6 Å². The molecule has 1 aliphatic heterocycles. The lowest BCUT2D eigenvalue weighted by atomic mass is 9.89. The number of aryl methyl sites for hydroxylation is 1. The molecule has 2 aromatic carbocycles. The third-order valence-corrected chi connectivity index (χ3v) is 6.47. The molecule has 38 heavy (non-hydrogen) atoms. The van der Waals surface area contributed by atoms with Crippen molar-refractivity contribution in [1.82, 2.24) is 0 Å². The zero-order chi connectivity index (χ0) is 27.6. The number of ether oxygens (including phenoxy) is 5. The summed E-state index contributed by atoms with van der Waals surface area (Å²) in [7, 11) is 1.42. The molecule has 4 atom stereocenters. The van der Waals surface area contributed by atoms with E-state index in [4.69, 9.17) is 28.1 Å². The Labute approximate surface area is 219 Å². The zero-order valence-electron chi connectivity index (χ0n) is 21.9. The number of hydrogen-bond donors (Lipinski definition) is 2. The average Bonchev–Trinajstić information content (AvgIpc) is 2.88. The molecule has 1 fully saturated rings. The fourth-order valence-corrected chi connectivity index (χ4v) is 4.57. The molecule has 0 spiro atoms. The van der Waals surface area contributed by atoms with Gasteiger partial charge in [-0.15, -0.1) is 0 Å². The number of carbonyl (C=O) groups excluding carboxylic acids is 1. The molecule has 1 aromatic heterocycles. The van der Waals surface area contributed by atoms with E-state index >= 15 is 0 Å². The van der Waals surface area contributed by atoms with Gasteiger partial charge < -0.3 is 38.3 Å². The standard InChI is InChI=1S/C28H32O10/c1-6-34-25(31)19-23(35-14-16-10-8-7-9-11-16)17-12-13-18(15(2)22(17)37-26(19)32)36-27-21(30)20(29)24(33-5)28(3,4)38-27/h7-13,20-21,24,27,29-30H,6,14H2,1-5H3/t20-,21-,24-,27-/m1/s1. The molecule has 3 aromatic rings. The van der Waals surface area contributed by atoms with E-state index in [1.807, 2.05) is 30.3 Å². The van der Waals surface area contributed by atoms with E-state index < -0.39 is 41.8 Å². The highest BCUT2D eigenvalue weighted by molar-refractivity contribution is 5.99. The maximum atomic E-state index is 13.0. The van der Waals surface area contributed by atoms with E-state index in [2.05, 4.69) is 0 Å². The maximum Gasteiger partial charge on any atom is 0.354 e. The van der Waals surface area contributed by atoms with Crippen molar-refractivity contribution in [2.45, 2.75) is 64.5 Å². The monoisotopic (exact) mass is 528 g/mol. The van der Waals surface area contributed by atoms with E-state index in [-0.39, 0.29) is 35.9 Å². The van der Waals surface area contributed by atoms with Crippen LogP contribution in [-0.2, 0) is 20.8 Å². The van der Waals surface area contributed by atoms with E-state index in [0.717, 1.165) is 5.56 Å². The Morgan fingerprint density at radius 2 is 1.79 bits per heavy atom. The molecule has 4 rings (SSSR count). The first-order valence-corrected chi connectivity index (χ1v) is 12.3. The molecular weight excluding hydrogens is 496 g/mol. The summed E-state index contributed by atoms with van der Waals surface area (Å²) in [5, 5.41) is 21.5. The third kappa shape index (κ3) is 5.25. The van der Waals surface area contributed by atoms with Gasteiger partial charge in [0.1, 0.15) is 36.3 Å². The second kappa shape index (κ2) is 11.1. The lowest BCUT2D eigenvalue weighted by Crippen LogP contribution is -2.63.